The number of carbonyl (C=O) groups excluding carboxylic acids is 2. The van der Waals surface area contributed by atoms with Gasteiger partial charge in [-0.05, 0) is 12.1 Å². The lowest BCUT2D eigenvalue weighted by Gasteiger charge is -2.09. The lowest BCUT2D eigenvalue weighted by molar-refractivity contribution is -0.126. The van der Waals surface area contributed by atoms with Gasteiger partial charge in [-0.15, -0.1) is 10.2 Å². The molecule has 2 amide bonds. The first-order chi connectivity index (χ1) is 11.6. The van der Waals surface area contributed by atoms with E-state index in [9.17, 15) is 9.59 Å². The molecule has 2 heterocycles. The maximum Gasteiger partial charge on any atom is 0.248 e. The highest BCUT2D eigenvalue weighted by molar-refractivity contribution is 7.99. The number of amides is 2. The second-order valence-electron chi connectivity index (χ2n) is 4.70. The Morgan fingerprint density at radius 1 is 1.25 bits per heavy atom. The summed E-state index contributed by atoms with van der Waals surface area (Å²) in [5, 5.41) is 8.94. The predicted molar refractivity (Wildman–Crippen MR) is 87.8 cm³/mol. The largest absolute Gasteiger partial charge is 0.383 e. The van der Waals surface area contributed by atoms with Crippen molar-refractivity contribution in [2.45, 2.75) is 18.6 Å². The van der Waals surface area contributed by atoms with Gasteiger partial charge in [0.1, 0.15) is 0 Å². The molecule has 0 bridgehead atoms. The summed E-state index contributed by atoms with van der Waals surface area (Å²) in [6, 6.07) is 3.68. The molecular formula is C14H18N6O3S. The number of nitrogens with one attached hydrogen (secondary N) is 2. The third kappa shape index (κ3) is 5.03. The normalized spacial score (nSPS) is 10.4. The fourth-order valence-corrected chi connectivity index (χ4v) is 2.58. The van der Waals surface area contributed by atoms with Gasteiger partial charge in [0.25, 0.3) is 0 Å². The maximum atomic E-state index is 11.7. The number of hydrazine groups is 1. The van der Waals surface area contributed by atoms with Gasteiger partial charge >= 0.3 is 0 Å². The van der Waals surface area contributed by atoms with Crippen molar-refractivity contribution < 1.29 is 14.3 Å². The highest BCUT2D eigenvalue weighted by Gasteiger charge is 2.15. The second kappa shape index (κ2) is 8.99. The van der Waals surface area contributed by atoms with E-state index in [1.54, 1.807) is 19.5 Å². The summed E-state index contributed by atoms with van der Waals surface area (Å²) < 4.78 is 7.01. The number of pyridine rings is 1. The Kier molecular flexibility index (Phi) is 6.70. The van der Waals surface area contributed by atoms with E-state index in [1.165, 1.54) is 18.7 Å². The summed E-state index contributed by atoms with van der Waals surface area (Å²) in [5.41, 5.74) is 5.42. The topological polar surface area (TPSA) is 111 Å². The molecule has 0 aliphatic heterocycles. The van der Waals surface area contributed by atoms with Gasteiger partial charge in [0.15, 0.2) is 11.0 Å². The number of rotatable bonds is 7. The third-order valence-electron chi connectivity index (χ3n) is 2.88. The van der Waals surface area contributed by atoms with Crippen LogP contribution in [0.4, 0.5) is 0 Å². The molecule has 0 unspecified atom stereocenters. The van der Waals surface area contributed by atoms with Crippen molar-refractivity contribution in [3.05, 3.63) is 24.5 Å². The zero-order valence-electron chi connectivity index (χ0n) is 13.4. The number of hydrogen-bond acceptors (Lipinski definition) is 7. The van der Waals surface area contributed by atoms with Gasteiger partial charge in [0, 0.05) is 32.0 Å². The number of methoxy groups -OCH3 is 1. The zero-order valence-corrected chi connectivity index (χ0v) is 14.2. The Labute approximate surface area is 143 Å². The number of hydrogen-bond donors (Lipinski definition) is 2. The quantitative estimate of drug-likeness (QED) is 0.544. The van der Waals surface area contributed by atoms with Crippen molar-refractivity contribution in [3.63, 3.8) is 0 Å². The summed E-state index contributed by atoms with van der Waals surface area (Å²) in [5.74, 6) is 0.111. The first-order valence-corrected chi connectivity index (χ1v) is 8.11. The lowest BCUT2D eigenvalue weighted by atomic mass is 10.2. The van der Waals surface area contributed by atoms with Crippen LogP contribution in [-0.2, 0) is 20.9 Å². The van der Waals surface area contributed by atoms with Crippen LogP contribution in [0.25, 0.3) is 11.4 Å². The van der Waals surface area contributed by atoms with Gasteiger partial charge in [0.2, 0.25) is 11.8 Å². The van der Waals surface area contributed by atoms with Crippen molar-refractivity contribution in [2.24, 2.45) is 0 Å². The van der Waals surface area contributed by atoms with Gasteiger partial charge < -0.3 is 4.74 Å². The Morgan fingerprint density at radius 3 is 2.67 bits per heavy atom. The summed E-state index contributed by atoms with van der Waals surface area (Å²) in [4.78, 5) is 26.5. The van der Waals surface area contributed by atoms with Gasteiger partial charge in [0.05, 0.1) is 18.9 Å². The Bertz CT molecular complexity index is 691. The molecule has 0 saturated heterocycles. The number of thioether (sulfide) groups is 1. The van der Waals surface area contributed by atoms with Gasteiger partial charge in [-0.25, -0.2) is 0 Å². The SMILES string of the molecule is COCCn1c(SCC(=O)NNC(C)=O)nnc1-c1ccncc1. The molecule has 0 aromatic carbocycles. The molecule has 9 nitrogen and oxygen atoms in total. The molecule has 24 heavy (non-hydrogen) atoms. The molecule has 0 atom stereocenters. The van der Waals surface area contributed by atoms with Crippen LogP contribution in [0.2, 0.25) is 0 Å². The molecular weight excluding hydrogens is 332 g/mol. The minimum atomic E-state index is -0.336. The summed E-state index contributed by atoms with van der Waals surface area (Å²) in [6.45, 7) is 2.36. The second-order valence-corrected chi connectivity index (χ2v) is 5.65. The first-order valence-electron chi connectivity index (χ1n) is 7.12. The Balaban J connectivity index is 2.10. The van der Waals surface area contributed by atoms with Crippen molar-refractivity contribution in [1.29, 1.82) is 0 Å². The van der Waals surface area contributed by atoms with E-state index in [-0.39, 0.29) is 17.6 Å². The Hall–Kier alpha value is -2.46. The smallest absolute Gasteiger partial charge is 0.248 e. The van der Waals surface area contributed by atoms with Crippen LogP contribution in [0.3, 0.4) is 0 Å². The average molecular weight is 350 g/mol. The molecule has 0 radical (unpaired) electrons. The predicted octanol–water partition coefficient (Wildman–Crippen LogP) is 0.246. The molecule has 2 aromatic rings. The summed E-state index contributed by atoms with van der Waals surface area (Å²) >= 11 is 1.23. The molecule has 0 fully saturated rings. The monoisotopic (exact) mass is 350 g/mol. The molecule has 10 heteroatoms. The van der Waals surface area contributed by atoms with E-state index in [2.05, 4.69) is 26.0 Å². The van der Waals surface area contributed by atoms with Crippen molar-refractivity contribution in [2.75, 3.05) is 19.5 Å². The standard InChI is InChI=1S/C14H18N6O3S/c1-10(21)16-17-12(22)9-24-14-19-18-13(20(14)7-8-23-2)11-3-5-15-6-4-11/h3-6H,7-9H2,1-2H3,(H,16,21)(H,17,22). The van der Waals surface area contributed by atoms with Crippen LogP contribution in [0.15, 0.2) is 29.7 Å². The molecule has 2 aromatic heterocycles. The number of carbonyl (C=O) groups is 2. The molecule has 0 aliphatic carbocycles. The van der Waals surface area contributed by atoms with Crippen LogP contribution in [0.1, 0.15) is 6.92 Å². The fourth-order valence-electron chi connectivity index (χ4n) is 1.82. The van der Waals surface area contributed by atoms with E-state index in [1.807, 2.05) is 16.7 Å². The van der Waals surface area contributed by atoms with Crippen LogP contribution in [-0.4, -0.2) is 51.0 Å². The van der Waals surface area contributed by atoms with Crippen LogP contribution < -0.4 is 10.9 Å². The highest BCUT2D eigenvalue weighted by atomic mass is 32.2. The first kappa shape index (κ1) is 17.9. The number of nitrogens with zero attached hydrogens (tertiary/aromatic N) is 4. The minimum Gasteiger partial charge on any atom is -0.383 e. The summed E-state index contributed by atoms with van der Waals surface area (Å²) in [6.07, 6.45) is 3.36. The van der Waals surface area contributed by atoms with Gasteiger partial charge in [-0.3, -0.25) is 30.0 Å². The van der Waals surface area contributed by atoms with Crippen molar-refractivity contribution in [3.8, 4) is 11.4 Å². The van der Waals surface area contributed by atoms with Crippen molar-refractivity contribution >= 4 is 23.6 Å². The van der Waals surface area contributed by atoms with Gasteiger partial charge in [-0.2, -0.15) is 0 Å². The molecule has 0 aliphatic rings. The third-order valence-corrected chi connectivity index (χ3v) is 3.85. The Morgan fingerprint density at radius 2 is 2.00 bits per heavy atom. The van der Waals surface area contributed by atoms with Crippen LogP contribution in [0, 0.1) is 0 Å². The van der Waals surface area contributed by atoms with E-state index in [0.29, 0.717) is 24.1 Å². The van der Waals surface area contributed by atoms with E-state index >= 15 is 0 Å². The van der Waals surface area contributed by atoms with E-state index in [0.717, 1.165) is 5.56 Å². The van der Waals surface area contributed by atoms with E-state index < -0.39 is 0 Å². The van der Waals surface area contributed by atoms with E-state index in [4.69, 9.17) is 4.74 Å². The minimum absolute atomic E-state index is 0.0989. The molecule has 2 rings (SSSR count). The molecule has 128 valence electrons. The molecule has 0 saturated carbocycles. The highest BCUT2D eigenvalue weighted by Crippen LogP contribution is 2.23. The average Bonchev–Trinajstić information content (AvgIpc) is 2.99. The zero-order chi connectivity index (χ0) is 17.4. The lowest BCUT2D eigenvalue weighted by Crippen LogP contribution is -2.41. The van der Waals surface area contributed by atoms with Crippen LogP contribution >= 0.6 is 11.8 Å². The number of ether oxygens (including phenoxy) is 1. The van der Waals surface area contributed by atoms with Crippen molar-refractivity contribution in [1.82, 2.24) is 30.6 Å². The fraction of sp³-hybridized carbons (Fsp3) is 0.357. The molecule has 0 spiro atoms. The maximum absolute atomic E-state index is 11.7. The van der Waals surface area contributed by atoms with Gasteiger partial charge in [-0.1, -0.05) is 11.8 Å². The van der Waals surface area contributed by atoms with Crippen LogP contribution in [0.5, 0.6) is 0 Å². The summed E-state index contributed by atoms with van der Waals surface area (Å²) in [7, 11) is 1.62. The number of aromatic nitrogens is 4. The molecule has 2 N–H and O–H groups in total.